The average molecular weight is 310 g/mol. The van der Waals surface area contributed by atoms with Crippen LogP contribution >= 0.6 is 0 Å². The lowest BCUT2D eigenvalue weighted by Gasteiger charge is -2.37. The van der Waals surface area contributed by atoms with Crippen LogP contribution in [-0.4, -0.2) is 55.1 Å². The van der Waals surface area contributed by atoms with E-state index in [1.807, 2.05) is 24.3 Å². The Morgan fingerprint density at radius 1 is 1.27 bits per heavy atom. The molecule has 22 heavy (non-hydrogen) atoms. The van der Waals surface area contributed by atoms with E-state index in [0.717, 1.165) is 11.3 Å². The molecule has 1 saturated heterocycles. The van der Waals surface area contributed by atoms with Gasteiger partial charge >= 0.3 is 0 Å². The summed E-state index contributed by atoms with van der Waals surface area (Å²) in [6.45, 7) is 4.10. The van der Waals surface area contributed by atoms with Gasteiger partial charge in [0.05, 0.1) is 26.9 Å². The first-order chi connectivity index (χ1) is 10.7. The predicted octanol–water partition coefficient (Wildman–Crippen LogP) is 0.861. The maximum Gasteiger partial charge on any atom is 0.186 e. The molecule has 1 aliphatic heterocycles. The molecule has 0 spiro atoms. The lowest BCUT2D eigenvalue weighted by molar-refractivity contribution is -0.282. The molecule has 0 bridgehead atoms. The number of ether oxygens (including phenoxy) is 4. The van der Waals surface area contributed by atoms with Crippen LogP contribution in [0, 0.1) is 0 Å². The summed E-state index contributed by atoms with van der Waals surface area (Å²) in [7, 11) is 1.61. The molecule has 1 fully saturated rings. The highest BCUT2D eigenvalue weighted by Gasteiger charge is 2.40. The summed E-state index contributed by atoms with van der Waals surface area (Å²) in [5.74, 6) is 0.767. The predicted molar refractivity (Wildman–Crippen MR) is 79.5 cm³/mol. The van der Waals surface area contributed by atoms with Crippen molar-refractivity contribution < 1.29 is 29.2 Å². The second-order valence-electron chi connectivity index (χ2n) is 5.01. The molecule has 0 aromatic heterocycles. The van der Waals surface area contributed by atoms with Crippen LogP contribution in [-0.2, 0) is 20.8 Å². The fraction of sp³-hybridized carbons (Fsp3) is 0.500. The Morgan fingerprint density at radius 3 is 2.64 bits per heavy atom. The number of hydrogen-bond acceptors (Lipinski definition) is 6. The van der Waals surface area contributed by atoms with Crippen LogP contribution in [0.25, 0.3) is 0 Å². The Labute approximate surface area is 129 Å². The molecule has 2 N–H and O–H groups in total. The van der Waals surface area contributed by atoms with Crippen molar-refractivity contribution in [2.45, 2.75) is 31.2 Å². The zero-order chi connectivity index (χ0) is 15.9. The third kappa shape index (κ3) is 4.28. The van der Waals surface area contributed by atoms with Crippen LogP contribution < -0.4 is 4.74 Å². The molecular weight excluding hydrogens is 288 g/mol. The lowest BCUT2D eigenvalue weighted by Crippen LogP contribution is -2.54. The van der Waals surface area contributed by atoms with Crippen molar-refractivity contribution in [3.8, 4) is 5.75 Å². The van der Waals surface area contributed by atoms with Crippen molar-refractivity contribution in [1.82, 2.24) is 0 Å². The van der Waals surface area contributed by atoms with Crippen LogP contribution in [0.1, 0.15) is 5.56 Å². The van der Waals surface area contributed by atoms with Gasteiger partial charge in [-0.2, -0.15) is 0 Å². The molecule has 0 aliphatic carbocycles. The SMILES string of the molecule is C=CCO[C@H]1[C@H](OCc2ccc(OC)cc2)OC[C@H](O)[C@@H]1O. The summed E-state index contributed by atoms with van der Waals surface area (Å²) in [5, 5.41) is 19.7. The molecule has 6 heteroatoms. The average Bonchev–Trinajstić information content (AvgIpc) is 2.55. The minimum absolute atomic E-state index is 0.00238. The maximum atomic E-state index is 10.0. The molecule has 6 nitrogen and oxygen atoms in total. The molecular formula is C16H22O6. The zero-order valence-corrected chi connectivity index (χ0v) is 12.6. The summed E-state index contributed by atoms with van der Waals surface area (Å²) >= 11 is 0. The van der Waals surface area contributed by atoms with Gasteiger partial charge in [0.2, 0.25) is 0 Å². The van der Waals surface area contributed by atoms with Crippen molar-refractivity contribution in [1.29, 1.82) is 0 Å². The molecule has 0 saturated carbocycles. The van der Waals surface area contributed by atoms with Crippen LogP contribution in [0.2, 0.25) is 0 Å². The highest BCUT2D eigenvalue weighted by atomic mass is 16.7. The monoisotopic (exact) mass is 310 g/mol. The number of aliphatic hydroxyl groups is 2. The van der Waals surface area contributed by atoms with Crippen LogP contribution in [0.5, 0.6) is 5.75 Å². The van der Waals surface area contributed by atoms with Crippen LogP contribution in [0.3, 0.4) is 0 Å². The number of hydrogen-bond donors (Lipinski definition) is 2. The topological polar surface area (TPSA) is 77.4 Å². The van der Waals surface area contributed by atoms with Crippen molar-refractivity contribution in [2.24, 2.45) is 0 Å². The van der Waals surface area contributed by atoms with Gasteiger partial charge in [-0.3, -0.25) is 0 Å². The second kappa shape index (κ2) is 8.26. The van der Waals surface area contributed by atoms with Gasteiger partial charge in [0.15, 0.2) is 6.29 Å². The van der Waals surface area contributed by atoms with E-state index in [-0.39, 0.29) is 13.2 Å². The van der Waals surface area contributed by atoms with Gasteiger partial charge in [-0.05, 0) is 17.7 Å². The van der Waals surface area contributed by atoms with E-state index < -0.39 is 24.6 Å². The van der Waals surface area contributed by atoms with E-state index in [0.29, 0.717) is 6.61 Å². The molecule has 0 amide bonds. The number of methoxy groups -OCH3 is 1. The largest absolute Gasteiger partial charge is 0.497 e. The quantitative estimate of drug-likeness (QED) is 0.728. The van der Waals surface area contributed by atoms with Gasteiger partial charge in [0.1, 0.15) is 24.1 Å². The fourth-order valence-electron chi connectivity index (χ4n) is 2.17. The van der Waals surface area contributed by atoms with Crippen molar-refractivity contribution in [3.05, 3.63) is 42.5 Å². The summed E-state index contributed by atoms with van der Waals surface area (Å²) < 4.78 is 21.6. The first kappa shape index (κ1) is 16.9. The molecule has 1 aliphatic rings. The van der Waals surface area contributed by atoms with E-state index in [9.17, 15) is 10.2 Å². The normalized spacial score (nSPS) is 28.3. The van der Waals surface area contributed by atoms with E-state index in [1.165, 1.54) is 0 Å². The van der Waals surface area contributed by atoms with Gasteiger partial charge in [-0.1, -0.05) is 18.2 Å². The van der Waals surface area contributed by atoms with E-state index in [4.69, 9.17) is 18.9 Å². The molecule has 4 atom stereocenters. The smallest absolute Gasteiger partial charge is 0.186 e. The minimum Gasteiger partial charge on any atom is -0.497 e. The Kier molecular flexibility index (Phi) is 6.35. The van der Waals surface area contributed by atoms with E-state index >= 15 is 0 Å². The van der Waals surface area contributed by atoms with Gasteiger partial charge in [0.25, 0.3) is 0 Å². The summed E-state index contributed by atoms with van der Waals surface area (Å²) in [6, 6.07) is 7.44. The van der Waals surface area contributed by atoms with Crippen LogP contribution in [0.4, 0.5) is 0 Å². The fourth-order valence-corrected chi connectivity index (χ4v) is 2.17. The third-order valence-corrected chi connectivity index (χ3v) is 3.41. The number of rotatable bonds is 7. The van der Waals surface area contributed by atoms with Crippen LogP contribution in [0.15, 0.2) is 36.9 Å². The maximum absolute atomic E-state index is 10.0. The summed E-state index contributed by atoms with van der Waals surface area (Å²) in [5.41, 5.74) is 0.937. The Bertz CT molecular complexity index is 460. The van der Waals surface area contributed by atoms with Crippen molar-refractivity contribution in [3.63, 3.8) is 0 Å². The summed E-state index contributed by atoms with van der Waals surface area (Å²) in [6.07, 6.45) is -2.00. The minimum atomic E-state index is -1.06. The van der Waals surface area contributed by atoms with Crippen molar-refractivity contribution in [2.75, 3.05) is 20.3 Å². The van der Waals surface area contributed by atoms with Gasteiger partial charge in [0, 0.05) is 0 Å². The number of aliphatic hydroxyl groups excluding tert-OH is 2. The van der Waals surface area contributed by atoms with Gasteiger partial charge in [-0.15, -0.1) is 6.58 Å². The van der Waals surface area contributed by atoms with E-state index in [1.54, 1.807) is 13.2 Å². The molecule has 1 aromatic carbocycles. The van der Waals surface area contributed by atoms with Crippen molar-refractivity contribution >= 4 is 0 Å². The lowest BCUT2D eigenvalue weighted by atomic mass is 10.1. The standard InChI is InChI=1S/C16H22O6/c1-3-8-20-15-14(18)13(17)10-22-16(15)21-9-11-4-6-12(19-2)7-5-11/h3-7,13-18H,1,8-10H2,2H3/t13-,14-,15+,16+/m0/s1. The highest BCUT2D eigenvalue weighted by Crippen LogP contribution is 2.21. The van der Waals surface area contributed by atoms with Gasteiger partial charge < -0.3 is 29.2 Å². The second-order valence-corrected chi connectivity index (χ2v) is 5.01. The number of benzene rings is 1. The molecule has 2 rings (SSSR count). The Morgan fingerprint density at radius 2 is 2.00 bits per heavy atom. The molecule has 122 valence electrons. The Hall–Kier alpha value is -1.44. The zero-order valence-electron chi connectivity index (χ0n) is 12.6. The molecule has 0 unspecified atom stereocenters. The molecule has 1 aromatic rings. The first-order valence-electron chi connectivity index (χ1n) is 7.10. The summed E-state index contributed by atoms with van der Waals surface area (Å²) in [4.78, 5) is 0. The molecule has 0 radical (unpaired) electrons. The molecule has 1 heterocycles. The first-order valence-corrected chi connectivity index (χ1v) is 7.10. The van der Waals surface area contributed by atoms with E-state index in [2.05, 4.69) is 6.58 Å². The highest BCUT2D eigenvalue weighted by molar-refractivity contribution is 5.26. The Balaban J connectivity index is 1.94. The third-order valence-electron chi connectivity index (χ3n) is 3.41. The van der Waals surface area contributed by atoms with Gasteiger partial charge in [-0.25, -0.2) is 0 Å².